The average molecular weight is 415 g/mol. The third kappa shape index (κ3) is 2.89. The van der Waals surface area contributed by atoms with Crippen LogP contribution < -0.4 is 0 Å². The summed E-state index contributed by atoms with van der Waals surface area (Å²) in [4.78, 5) is 0. The van der Waals surface area contributed by atoms with Gasteiger partial charge in [-0.05, 0) is 0 Å². The number of hydrogen-bond donors (Lipinski definition) is 0. The fraction of sp³-hybridized carbons (Fsp3) is 1.00. The molecule has 0 amide bonds. The molecule has 0 aliphatic carbocycles. The van der Waals surface area contributed by atoms with Crippen molar-refractivity contribution in [2.75, 3.05) is 12.3 Å². The van der Waals surface area contributed by atoms with Crippen LogP contribution in [0.1, 0.15) is 34.6 Å². The molecule has 0 atom stereocenters. The van der Waals surface area contributed by atoms with E-state index in [9.17, 15) is 30.9 Å². The van der Waals surface area contributed by atoms with E-state index in [1.165, 1.54) is 34.6 Å². The van der Waals surface area contributed by atoms with Gasteiger partial charge in [0.25, 0.3) is 0 Å². The molecule has 0 heterocycles. The van der Waals surface area contributed by atoms with Crippen LogP contribution in [-0.4, -0.2) is 41.9 Å². The van der Waals surface area contributed by atoms with Crippen molar-refractivity contribution in [3.63, 3.8) is 0 Å². The first kappa shape index (κ1) is 22.4. The number of rotatable bonds is 7. The van der Waals surface area contributed by atoms with Gasteiger partial charge in [0.2, 0.25) is 0 Å². The molecule has 0 fully saturated rings. The summed E-state index contributed by atoms with van der Waals surface area (Å²) in [5, 5.41) is -0.429. The second-order valence-corrected chi connectivity index (χ2v) is 21.6. The Morgan fingerprint density at radius 2 is 1.00 bits per heavy atom. The Hall–Kier alpha value is 0.353. The summed E-state index contributed by atoms with van der Waals surface area (Å²) in [6.45, 7) is 6.56. The van der Waals surface area contributed by atoms with Crippen LogP contribution in [0.5, 0.6) is 0 Å². The first-order chi connectivity index (χ1) is 9.80. The third-order valence-electron chi connectivity index (χ3n) is 5.25. The van der Waals surface area contributed by atoms with Gasteiger partial charge in [-0.2, -0.15) is 0 Å². The topological polar surface area (TPSA) is 17.1 Å². The van der Waals surface area contributed by atoms with Crippen LogP contribution in [0.25, 0.3) is 0 Å². The maximum atomic E-state index is 14.0. The predicted octanol–water partition coefficient (Wildman–Crippen LogP) is 6.30. The monoisotopic (exact) mass is 416 g/mol. The van der Waals surface area contributed by atoms with E-state index >= 15 is 0 Å². The van der Waals surface area contributed by atoms with Crippen LogP contribution >= 0.6 is 7.14 Å². The van der Waals surface area contributed by atoms with Gasteiger partial charge < -0.3 is 0 Å². The van der Waals surface area contributed by atoms with Gasteiger partial charge in [0.1, 0.15) is 0 Å². The van der Waals surface area contributed by atoms with Crippen molar-refractivity contribution in [3.05, 3.63) is 0 Å². The molecule has 0 aliphatic heterocycles. The summed E-state index contributed by atoms with van der Waals surface area (Å²) in [5.74, 6) is 0. The Bertz CT molecular complexity index is 383. The molecule has 0 spiro atoms. The van der Waals surface area contributed by atoms with Gasteiger partial charge in [0, 0.05) is 0 Å². The Morgan fingerprint density at radius 3 is 1.14 bits per heavy atom. The Labute approximate surface area is 131 Å². The third-order valence-corrected chi connectivity index (χ3v) is 27.0. The van der Waals surface area contributed by atoms with Crippen LogP contribution in [0.4, 0.5) is 26.3 Å². The van der Waals surface area contributed by atoms with Gasteiger partial charge in [0.15, 0.2) is 0 Å². The molecule has 0 rings (SSSR count). The van der Waals surface area contributed by atoms with Crippen molar-refractivity contribution in [1.82, 2.24) is 0 Å². The summed E-state index contributed by atoms with van der Waals surface area (Å²) in [6, 6.07) is 0. The Kier molecular flexibility index (Phi) is 7.19. The van der Waals surface area contributed by atoms with Crippen molar-refractivity contribution in [1.29, 1.82) is 0 Å². The zero-order valence-electron chi connectivity index (χ0n) is 13.7. The van der Waals surface area contributed by atoms with Crippen molar-refractivity contribution in [2.45, 2.75) is 66.7 Å². The van der Waals surface area contributed by atoms with Crippen molar-refractivity contribution < 1.29 is 30.9 Å². The first-order valence-electron chi connectivity index (χ1n) is 7.52. The van der Waals surface area contributed by atoms with Crippen LogP contribution in [0.3, 0.4) is 0 Å². The van der Waals surface area contributed by atoms with Gasteiger partial charge in [-0.1, -0.05) is 0 Å². The Morgan fingerprint density at radius 1 is 0.727 bits per heavy atom. The number of hydrogen-bond acceptors (Lipinski definition) is 1. The Balaban J connectivity index is 7.13. The van der Waals surface area contributed by atoms with E-state index in [1.54, 1.807) is 0 Å². The molecule has 134 valence electrons. The molecular weight excluding hydrogens is 390 g/mol. The van der Waals surface area contributed by atoms with Crippen molar-refractivity contribution in [2.24, 2.45) is 0 Å². The molecule has 9 heteroatoms. The predicted molar refractivity (Wildman–Crippen MR) is 80.7 cm³/mol. The zero-order valence-corrected chi connectivity index (χ0v) is 16.7. The standard InChI is InChI=1S/C13H25F6GeOP/c1-6-20(7-2,8-3)11(12(14,15)16,13(17,18)19)22(21,9-4)10-5/h6-10H2,1-5H3. The molecule has 0 saturated heterocycles. The number of alkyl halides is 6. The zero-order chi connectivity index (χ0) is 18.0. The SMILES string of the molecule is CCP(=O)(CC)[C](C(F)(F)F)(C(F)(F)F)[Ge]([CH2]C)([CH2]C)[CH2]C. The van der Waals surface area contributed by atoms with Gasteiger partial charge in [0.05, 0.1) is 0 Å². The average Bonchev–Trinajstić information content (AvgIpc) is 2.41. The molecule has 0 N–H and O–H groups in total. The van der Waals surface area contributed by atoms with E-state index in [1.807, 2.05) is 0 Å². The molecule has 22 heavy (non-hydrogen) atoms. The molecule has 0 radical (unpaired) electrons. The first-order valence-corrected chi connectivity index (χ1v) is 15.1. The minimum atomic E-state index is -5.53. The summed E-state index contributed by atoms with van der Waals surface area (Å²) >= 11 is -4.60. The van der Waals surface area contributed by atoms with Gasteiger partial charge in [-0.25, -0.2) is 0 Å². The van der Waals surface area contributed by atoms with Crippen LogP contribution in [0, 0.1) is 0 Å². The molecule has 0 unspecified atom stereocenters. The normalized spacial score (nSPS) is 15.2. The van der Waals surface area contributed by atoms with Crippen molar-refractivity contribution >= 4 is 20.4 Å². The van der Waals surface area contributed by atoms with Gasteiger partial charge in [-0.15, -0.1) is 0 Å². The molecule has 0 saturated carbocycles. The summed E-state index contributed by atoms with van der Waals surface area (Å²) in [6.07, 6.45) is -12.2. The van der Waals surface area contributed by atoms with E-state index in [0.29, 0.717) is 0 Å². The molecule has 0 aromatic carbocycles. The molecule has 0 aromatic rings. The number of halogens is 6. The molecule has 1 nitrogen and oxygen atoms in total. The van der Waals surface area contributed by atoms with Gasteiger partial charge in [-0.3, -0.25) is 0 Å². The minimum absolute atomic E-state index is 0.143. The second-order valence-electron chi connectivity index (χ2n) is 5.57. The molecular formula is C13H25F6GeOP. The summed E-state index contributed by atoms with van der Waals surface area (Å²) in [5.41, 5.74) is 0. The fourth-order valence-corrected chi connectivity index (χ4v) is 25.8. The summed E-state index contributed by atoms with van der Waals surface area (Å²) in [7, 11) is -4.50. The fourth-order valence-electron chi connectivity index (χ4n) is 3.87. The van der Waals surface area contributed by atoms with Crippen LogP contribution in [0.15, 0.2) is 0 Å². The maximum absolute atomic E-state index is 14.0. The van der Waals surface area contributed by atoms with Gasteiger partial charge >= 0.3 is 130 Å². The van der Waals surface area contributed by atoms with Crippen LogP contribution in [-0.2, 0) is 4.57 Å². The van der Waals surface area contributed by atoms with E-state index in [0.717, 1.165) is 0 Å². The molecule has 0 bridgehead atoms. The quantitative estimate of drug-likeness (QED) is 0.271. The second kappa shape index (κ2) is 7.08. The molecule has 0 aliphatic rings. The van der Waals surface area contributed by atoms with E-state index in [2.05, 4.69) is 0 Å². The molecule has 0 aromatic heterocycles. The van der Waals surface area contributed by atoms with Crippen LogP contribution in [0.2, 0.25) is 15.8 Å². The van der Waals surface area contributed by atoms with Crippen molar-refractivity contribution in [3.8, 4) is 0 Å². The van der Waals surface area contributed by atoms with E-state index < -0.39 is 49.1 Å². The van der Waals surface area contributed by atoms with E-state index in [-0.39, 0.29) is 15.8 Å². The van der Waals surface area contributed by atoms with E-state index in [4.69, 9.17) is 0 Å². The summed E-state index contributed by atoms with van der Waals surface area (Å²) < 4.78 is 92.7.